The molecule has 24 heavy (non-hydrogen) atoms. The molecule has 2 aromatic carbocycles. The van der Waals surface area contributed by atoms with Gasteiger partial charge in [-0.3, -0.25) is 4.79 Å². The lowest BCUT2D eigenvalue weighted by Crippen LogP contribution is -3.13. The molecule has 126 valence electrons. The number of ether oxygens (including phenoxy) is 1. The van der Waals surface area contributed by atoms with E-state index in [0.29, 0.717) is 36.1 Å². The van der Waals surface area contributed by atoms with E-state index in [2.05, 4.69) is 5.32 Å². The smallest absolute Gasteiger partial charge is 0.279 e. The molecule has 0 aromatic heterocycles. The van der Waals surface area contributed by atoms with Crippen molar-refractivity contribution in [2.24, 2.45) is 0 Å². The molecule has 0 saturated heterocycles. The van der Waals surface area contributed by atoms with Crippen molar-refractivity contribution in [2.45, 2.75) is 25.4 Å². The van der Waals surface area contributed by atoms with Crippen molar-refractivity contribution < 1.29 is 18.8 Å². The average Bonchev–Trinajstić information content (AvgIpc) is 3.41. The number of halogens is 1. The molecule has 1 saturated carbocycles. The first kappa shape index (κ1) is 16.5. The molecule has 1 aliphatic rings. The van der Waals surface area contributed by atoms with Crippen LogP contribution < -0.4 is 15.0 Å². The zero-order valence-corrected chi connectivity index (χ0v) is 13.7. The summed E-state index contributed by atoms with van der Waals surface area (Å²) in [5, 5.41) is 2.90. The normalized spacial score (nSPS) is 14.9. The lowest BCUT2D eigenvalue weighted by Gasteiger charge is -2.19. The van der Waals surface area contributed by atoms with Crippen LogP contribution in [0, 0.1) is 5.82 Å². The first-order valence-corrected chi connectivity index (χ1v) is 8.17. The second-order valence-corrected chi connectivity index (χ2v) is 6.16. The third kappa shape index (κ3) is 4.32. The molecular weight excluding hydrogens is 307 g/mol. The van der Waals surface area contributed by atoms with Gasteiger partial charge in [0.15, 0.2) is 6.54 Å². The van der Waals surface area contributed by atoms with E-state index >= 15 is 0 Å². The van der Waals surface area contributed by atoms with Crippen molar-refractivity contribution in [1.82, 2.24) is 0 Å². The number of anilines is 1. The van der Waals surface area contributed by atoms with Crippen LogP contribution >= 0.6 is 0 Å². The van der Waals surface area contributed by atoms with E-state index in [9.17, 15) is 9.18 Å². The molecule has 0 spiro atoms. The van der Waals surface area contributed by atoms with E-state index < -0.39 is 0 Å². The topological polar surface area (TPSA) is 42.8 Å². The monoisotopic (exact) mass is 329 g/mol. The predicted molar refractivity (Wildman–Crippen MR) is 90.6 cm³/mol. The number of benzene rings is 2. The van der Waals surface area contributed by atoms with Crippen LogP contribution in [0.3, 0.4) is 0 Å². The van der Waals surface area contributed by atoms with E-state index in [0.717, 1.165) is 17.7 Å². The third-order valence-electron chi connectivity index (χ3n) is 4.27. The van der Waals surface area contributed by atoms with Gasteiger partial charge in [-0.1, -0.05) is 24.3 Å². The van der Waals surface area contributed by atoms with E-state index in [1.54, 1.807) is 25.3 Å². The van der Waals surface area contributed by atoms with E-state index in [-0.39, 0.29) is 11.7 Å². The minimum absolute atomic E-state index is 0.0681. The zero-order chi connectivity index (χ0) is 16.9. The first-order chi connectivity index (χ1) is 11.7. The minimum Gasteiger partial charge on any atom is -0.497 e. The quantitative estimate of drug-likeness (QED) is 0.816. The Morgan fingerprint density at radius 2 is 2.04 bits per heavy atom. The summed E-state index contributed by atoms with van der Waals surface area (Å²) in [6, 6.07) is 14.5. The summed E-state index contributed by atoms with van der Waals surface area (Å²) in [6.07, 6.45) is 2.19. The molecule has 1 aliphatic carbocycles. The molecule has 0 aliphatic heterocycles. The highest BCUT2D eigenvalue weighted by Gasteiger charge is 2.35. The second kappa shape index (κ2) is 7.45. The fourth-order valence-corrected chi connectivity index (χ4v) is 2.84. The Hall–Kier alpha value is -2.40. The van der Waals surface area contributed by atoms with Gasteiger partial charge in [-0.25, -0.2) is 4.39 Å². The molecule has 2 N–H and O–H groups in total. The van der Waals surface area contributed by atoms with Gasteiger partial charge in [0.2, 0.25) is 0 Å². The van der Waals surface area contributed by atoms with Crippen molar-refractivity contribution in [3.8, 4) is 5.75 Å². The van der Waals surface area contributed by atoms with Gasteiger partial charge in [0.25, 0.3) is 5.91 Å². The molecule has 4 nitrogen and oxygen atoms in total. The third-order valence-corrected chi connectivity index (χ3v) is 4.27. The van der Waals surface area contributed by atoms with Gasteiger partial charge in [0.05, 0.1) is 13.2 Å². The van der Waals surface area contributed by atoms with Crippen LogP contribution in [0.25, 0.3) is 0 Å². The first-order valence-electron chi connectivity index (χ1n) is 8.17. The van der Waals surface area contributed by atoms with Crippen molar-refractivity contribution >= 4 is 11.6 Å². The standard InChI is InChI=1S/C19H21FN2O2/c1-24-17-7-4-6-15(11-17)21-19(23)13-22(16-9-10-16)12-14-5-2-3-8-18(14)20/h2-8,11,16H,9-10,12-13H2,1H3,(H,21,23)/p+1. The van der Waals surface area contributed by atoms with E-state index in [1.165, 1.54) is 6.07 Å². The molecule has 0 heterocycles. The summed E-state index contributed by atoms with van der Waals surface area (Å²) in [6.45, 7) is 0.860. The molecule has 3 rings (SSSR count). The van der Waals surface area contributed by atoms with Crippen LogP contribution in [0.1, 0.15) is 18.4 Å². The SMILES string of the molecule is COc1cccc(NC(=O)C[NH+](Cc2ccccc2F)C2CC2)c1. The number of carbonyl (C=O) groups excluding carboxylic acids is 1. The maximum atomic E-state index is 13.9. The number of rotatable bonds is 7. The Morgan fingerprint density at radius 3 is 2.75 bits per heavy atom. The van der Waals surface area contributed by atoms with Crippen LogP contribution in [-0.2, 0) is 11.3 Å². The summed E-state index contributed by atoms with van der Waals surface area (Å²) >= 11 is 0. The molecule has 0 radical (unpaired) electrons. The number of carbonyl (C=O) groups is 1. The molecule has 1 atom stereocenters. The van der Waals surface area contributed by atoms with Crippen LogP contribution in [0.2, 0.25) is 0 Å². The van der Waals surface area contributed by atoms with Gasteiger partial charge in [-0.15, -0.1) is 0 Å². The highest BCUT2D eigenvalue weighted by molar-refractivity contribution is 5.91. The highest BCUT2D eigenvalue weighted by Crippen LogP contribution is 2.18. The summed E-state index contributed by atoms with van der Waals surface area (Å²) in [4.78, 5) is 13.5. The van der Waals surface area contributed by atoms with Gasteiger partial charge in [-0.2, -0.15) is 0 Å². The molecule has 5 heteroatoms. The maximum absolute atomic E-state index is 13.9. The van der Waals surface area contributed by atoms with Crippen molar-refractivity contribution in [2.75, 3.05) is 19.0 Å². The van der Waals surface area contributed by atoms with Gasteiger partial charge in [0, 0.05) is 30.2 Å². The summed E-state index contributed by atoms with van der Waals surface area (Å²) in [5.74, 6) is 0.427. The van der Waals surface area contributed by atoms with Gasteiger partial charge in [-0.05, 0) is 18.2 Å². The molecule has 1 fully saturated rings. The zero-order valence-electron chi connectivity index (χ0n) is 13.7. The van der Waals surface area contributed by atoms with Gasteiger partial charge in [0.1, 0.15) is 18.1 Å². The van der Waals surface area contributed by atoms with Gasteiger partial charge >= 0.3 is 0 Å². The van der Waals surface area contributed by atoms with Crippen molar-refractivity contribution in [1.29, 1.82) is 0 Å². The van der Waals surface area contributed by atoms with Crippen LogP contribution in [-0.4, -0.2) is 25.6 Å². The number of quaternary nitrogens is 1. The predicted octanol–water partition coefficient (Wildman–Crippen LogP) is 2.02. The lowest BCUT2D eigenvalue weighted by atomic mass is 10.2. The summed E-state index contributed by atoms with van der Waals surface area (Å²) in [7, 11) is 1.59. The summed E-state index contributed by atoms with van der Waals surface area (Å²) < 4.78 is 19.0. The maximum Gasteiger partial charge on any atom is 0.279 e. The van der Waals surface area contributed by atoms with E-state index in [4.69, 9.17) is 4.74 Å². The van der Waals surface area contributed by atoms with Crippen molar-refractivity contribution in [3.63, 3.8) is 0 Å². The second-order valence-electron chi connectivity index (χ2n) is 6.16. The Kier molecular flexibility index (Phi) is 5.11. The van der Waals surface area contributed by atoms with E-state index in [1.807, 2.05) is 24.3 Å². The Bertz CT molecular complexity index is 716. The number of nitrogens with one attached hydrogen (secondary N) is 2. The average molecular weight is 329 g/mol. The lowest BCUT2D eigenvalue weighted by molar-refractivity contribution is -0.917. The Balaban J connectivity index is 1.63. The summed E-state index contributed by atoms with van der Waals surface area (Å²) in [5.41, 5.74) is 1.37. The van der Waals surface area contributed by atoms with Crippen LogP contribution in [0.5, 0.6) is 5.75 Å². The number of amides is 1. The van der Waals surface area contributed by atoms with Crippen molar-refractivity contribution in [3.05, 3.63) is 59.9 Å². The number of methoxy groups -OCH3 is 1. The molecule has 0 bridgehead atoms. The highest BCUT2D eigenvalue weighted by atomic mass is 19.1. The van der Waals surface area contributed by atoms with Gasteiger partial charge < -0.3 is 15.0 Å². The Labute approximate surface area is 141 Å². The van der Waals surface area contributed by atoms with Crippen LogP contribution in [0.4, 0.5) is 10.1 Å². The fourth-order valence-electron chi connectivity index (χ4n) is 2.84. The molecule has 1 unspecified atom stereocenters. The molecule has 1 amide bonds. The largest absolute Gasteiger partial charge is 0.497 e. The Morgan fingerprint density at radius 1 is 1.25 bits per heavy atom. The molecular formula is C19H22FN2O2+. The number of hydrogen-bond donors (Lipinski definition) is 2. The number of hydrogen-bond acceptors (Lipinski definition) is 2. The molecule has 2 aromatic rings. The van der Waals surface area contributed by atoms with Crippen LogP contribution in [0.15, 0.2) is 48.5 Å². The minimum atomic E-state index is -0.205. The fraction of sp³-hybridized carbons (Fsp3) is 0.316.